The molecule has 0 aliphatic rings. The molecule has 0 heterocycles. The van der Waals surface area contributed by atoms with Crippen molar-refractivity contribution in [3.05, 3.63) is 91.0 Å². The van der Waals surface area contributed by atoms with E-state index in [4.69, 9.17) is 0 Å². The van der Waals surface area contributed by atoms with Gasteiger partial charge in [0.2, 0.25) is 0 Å². The predicted octanol–water partition coefficient (Wildman–Crippen LogP) is 5.41. The second-order valence-electron chi connectivity index (χ2n) is 5.73. The lowest BCUT2D eigenvalue weighted by atomic mass is 10.4. The Kier molecular flexibility index (Phi) is 6.83. The summed E-state index contributed by atoms with van der Waals surface area (Å²) in [6, 6.07) is 28.6. The van der Waals surface area contributed by atoms with Crippen molar-refractivity contribution >= 4 is 33.4 Å². The first-order valence-electron chi connectivity index (χ1n) is 8.31. The van der Waals surface area contributed by atoms with Gasteiger partial charge < -0.3 is 0 Å². The van der Waals surface area contributed by atoms with Gasteiger partial charge in [0, 0.05) is 21.3 Å². The maximum Gasteiger partial charge on any atom is 0.182 e. The van der Waals surface area contributed by atoms with E-state index >= 15 is 0 Å². The number of rotatable bonds is 8. The molecular weight excluding hydrogens is 380 g/mol. The van der Waals surface area contributed by atoms with Gasteiger partial charge >= 0.3 is 0 Å². The zero-order chi connectivity index (χ0) is 18.2. The van der Waals surface area contributed by atoms with Crippen LogP contribution in [-0.2, 0) is 9.84 Å². The highest BCUT2D eigenvalue weighted by molar-refractivity contribution is 8.02. The van der Waals surface area contributed by atoms with Crippen LogP contribution in [-0.4, -0.2) is 25.2 Å². The van der Waals surface area contributed by atoms with Crippen LogP contribution in [0.4, 0.5) is 0 Å². The Hall–Kier alpha value is -1.69. The van der Waals surface area contributed by atoms with E-state index in [2.05, 4.69) is 0 Å². The van der Waals surface area contributed by atoms with E-state index in [0.29, 0.717) is 16.4 Å². The second kappa shape index (κ2) is 9.31. The van der Waals surface area contributed by atoms with E-state index in [0.717, 1.165) is 9.79 Å². The maximum atomic E-state index is 13.1. The molecule has 3 rings (SSSR count). The lowest BCUT2D eigenvalue weighted by molar-refractivity contribution is 0.588. The Labute approximate surface area is 164 Å². The molecule has 0 spiro atoms. The third-order valence-electron chi connectivity index (χ3n) is 3.87. The Morgan fingerprint density at radius 2 is 1.00 bits per heavy atom. The van der Waals surface area contributed by atoms with Gasteiger partial charge in [-0.1, -0.05) is 54.6 Å². The van der Waals surface area contributed by atoms with Crippen molar-refractivity contribution in [2.45, 2.75) is 19.9 Å². The quantitative estimate of drug-likeness (QED) is 0.473. The van der Waals surface area contributed by atoms with Crippen LogP contribution in [0.25, 0.3) is 0 Å². The van der Waals surface area contributed by atoms with E-state index in [1.807, 2.05) is 66.7 Å². The third kappa shape index (κ3) is 5.16. The predicted molar refractivity (Wildman–Crippen MR) is 112 cm³/mol. The Bertz CT molecular complexity index is 852. The maximum absolute atomic E-state index is 13.1. The molecule has 0 aliphatic carbocycles. The van der Waals surface area contributed by atoms with Crippen LogP contribution >= 0.6 is 23.5 Å². The van der Waals surface area contributed by atoms with Crippen molar-refractivity contribution in [3.8, 4) is 0 Å². The molecule has 0 saturated carbocycles. The van der Waals surface area contributed by atoms with E-state index in [-0.39, 0.29) is 0 Å². The molecule has 2 nitrogen and oxygen atoms in total. The first kappa shape index (κ1) is 19.1. The van der Waals surface area contributed by atoms with Crippen molar-refractivity contribution in [2.75, 3.05) is 11.5 Å². The molecule has 0 unspecified atom stereocenters. The van der Waals surface area contributed by atoms with E-state index in [1.165, 1.54) is 0 Å². The Balaban J connectivity index is 1.78. The molecule has 3 aromatic rings. The fourth-order valence-corrected chi connectivity index (χ4v) is 7.05. The fourth-order valence-electron chi connectivity index (χ4n) is 2.44. The number of benzene rings is 3. The summed E-state index contributed by atoms with van der Waals surface area (Å²) in [6.45, 7) is 0. The summed E-state index contributed by atoms with van der Waals surface area (Å²) in [5.74, 6) is 1.06. The highest BCUT2D eigenvalue weighted by Crippen LogP contribution is 2.28. The zero-order valence-electron chi connectivity index (χ0n) is 14.2. The summed E-state index contributed by atoms with van der Waals surface area (Å²) in [5.41, 5.74) is 0. The molecule has 134 valence electrons. The first-order valence-corrected chi connectivity index (χ1v) is 11.8. The first-order chi connectivity index (χ1) is 12.7. The number of thioether (sulfide) groups is 2. The number of hydrogen-bond donors (Lipinski definition) is 0. The van der Waals surface area contributed by atoms with Gasteiger partial charge in [-0.2, -0.15) is 0 Å². The topological polar surface area (TPSA) is 34.1 Å². The van der Waals surface area contributed by atoms with Crippen LogP contribution in [0.2, 0.25) is 0 Å². The summed E-state index contributed by atoms with van der Waals surface area (Å²) < 4.78 is 26.3. The highest BCUT2D eigenvalue weighted by atomic mass is 32.2. The van der Waals surface area contributed by atoms with Crippen LogP contribution in [0.5, 0.6) is 0 Å². The van der Waals surface area contributed by atoms with Crippen LogP contribution in [0.15, 0.2) is 106 Å². The van der Waals surface area contributed by atoms with Crippen molar-refractivity contribution in [3.63, 3.8) is 0 Å². The van der Waals surface area contributed by atoms with Gasteiger partial charge in [0.05, 0.1) is 10.1 Å². The minimum Gasteiger partial charge on any atom is -0.223 e. The minimum atomic E-state index is -3.38. The summed E-state index contributed by atoms with van der Waals surface area (Å²) in [6.07, 6.45) is 0. The second-order valence-corrected chi connectivity index (χ2v) is 10.1. The monoisotopic (exact) mass is 400 g/mol. The zero-order valence-corrected chi connectivity index (χ0v) is 16.6. The van der Waals surface area contributed by atoms with Gasteiger partial charge in [-0.25, -0.2) is 8.42 Å². The number of hydrogen-bond acceptors (Lipinski definition) is 4. The van der Waals surface area contributed by atoms with Crippen LogP contribution in [0.3, 0.4) is 0 Å². The molecule has 0 radical (unpaired) electrons. The lowest BCUT2D eigenvalue weighted by Gasteiger charge is -2.17. The van der Waals surface area contributed by atoms with E-state index < -0.39 is 15.1 Å². The van der Waals surface area contributed by atoms with Gasteiger partial charge in [0.25, 0.3) is 0 Å². The molecule has 26 heavy (non-hydrogen) atoms. The number of sulfone groups is 1. The molecule has 0 amide bonds. The van der Waals surface area contributed by atoms with E-state index in [1.54, 1.807) is 47.8 Å². The van der Waals surface area contributed by atoms with Gasteiger partial charge in [0.1, 0.15) is 0 Å². The van der Waals surface area contributed by atoms with Crippen LogP contribution < -0.4 is 0 Å². The smallest absolute Gasteiger partial charge is 0.182 e. The van der Waals surface area contributed by atoms with Gasteiger partial charge in [-0.15, -0.1) is 23.5 Å². The lowest BCUT2D eigenvalue weighted by Crippen LogP contribution is -2.26. The molecule has 0 atom stereocenters. The molecule has 3 aromatic carbocycles. The Morgan fingerprint density at radius 3 is 1.42 bits per heavy atom. The van der Waals surface area contributed by atoms with Crippen molar-refractivity contribution in [2.24, 2.45) is 0 Å². The average Bonchev–Trinajstić information content (AvgIpc) is 2.70. The normalized spacial score (nSPS) is 11.6. The largest absolute Gasteiger partial charge is 0.223 e. The fraction of sp³-hybridized carbons (Fsp3) is 0.143. The summed E-state index contributed by atoms with van der Waals surface area (Å²) in [5, 5.41) is -0.458. The van der Waals surface area contributed by atoms with E-state index in [9.17, 15) is 8.42 Å². The van der Waals surface area contributed by atoms with Crippen LogP contribution in [0, 0.1) is 0 Å². The van der Waals surface area contributed by atoms with Crippen molar-refractivity contribution < 1.29 is 8.42 Å². The van der Waals surface area contributed by atoms with Gasteiger partial charge in [-0.05, 0) is 36.4 Å². The molecule has 0 N–H and O–H groups in total. The summed E-state index contributed by atoms with van der Waals surface area (Å²) >= 11 is 3.19. The summed E-state index contributed by atoms with van der Waals surface area (Å²) in [4.78, 5) is 2.57. The molecule has 0 bridgehead atoms. The molecule has 5 heteroatoms. The third-order valence-corrected chi connectivity index (χ3v) is 8.78. The molecule has 0 aromatic heterocycles. The summed E-state index contributed by atoms with van der Waals surface area (Å²) in [7, 11) is -3.38. The minimum absolute atomic E-state index is 0.396. The highest BCUT2D eigenvalue weighted by Gasteiger charge is 2.27. The molecule has 0 fully saturated rings. The SMILES string of the molecule is O=S(=O)(c1ccccc1)C(CSc1ccccc1)CSc1ccccc1. The standard InChI is InChI=1S/C21H20O2S3/c22-26(23,20-14-8-3-9-15-20)21(16-24-18-10-4-1-5-11-18)17-25-19-12-6-2-7-13-19/h1-15,21H,16-17H2. The van der Waals surface area contributed by atoms with Crippen molar-refractivity contribution in [1.29, 1.82) is 0 Å². The molecule has 0 aliphatic heterocycles. The van der Waals surface area contributed by atoms with Gasteiger partial charge in [-0.3, -0.25) is 0 Å². The van der Waals surface area contributed by atoms with Crippen LogP contribution in [0.1, 0.15) is 0 Å². The van der Waals surface area contributed by atoms with Crippen molar-refractivity contribution in [1.82, 2.24) is 0 Å². The Morgan fingerprint density at radius 1 is 0.615 bits per heavy atom. The molecule has 0 saturated heterocycles. The average molecular weight is 401 g/mol. The molecular formula is C21H20O2S3. The van der Waals surface area contributed by atoms with Gasteiger partial charge in [0.15, 0.2) is 9.84 Å².